The van der Waals surface area contributed by atoms with Gasteiger partial charge in [0.15, 0.2) is 0 Å². The molecule has 6 nitrogen and oxygen atoms in total. The third-order valence-corrected chi connectivity index (χ3v) is 7.30. The molecule has 29 heavy (non-hydrogen) atoms. The Kier molecular flexibility index (Phi) is 6.22. The van der Waals surface area contributed by atoms with Crippen LogP contribution in [0.4, 0.5) is 5.69 Å². The van der Waals surface area contributed by atoms with Gasteiger partial charge in [-0.05, 0) is 44.0 Å². The molecule has 2 amide bonds. The standard InChI is InChI=1S/C21H26N4O2S2/c1-15(19-22-7-14-29-19)25-20(26)16-5-3-6-17(18(16)21(25)27)24-11-9-23(10-12-24)8-4-13-28-2/h3,5-7,14-15H,4,8-13H2,1-2H3/t15-/m1/s1. The SMILES string of the molecule is CSCCCN1CCN(c2cccc3c2C(=O)N([C@H](C)c2nccs2)C3=O)CC1. The van der Waals surface area contributed by atoms with Gasteiger partial charge in [-0.15, -0.1) is 11.3 Å². The van der Waals surface area contributed by atoms with Crippen molar-refractivity contribution in [3.63, 3.8) is 0 Å². The summed E-state index contributed by atoms with van der Waals surface area (Å²) in [5.41, 5.74) is 1.95. The minimum atomic E-state index is -0.358. The molecule has 1 saturated heterocycles. The summed E-state index contributed by atoms with van der Waals surface area (Å²) in [7, 11) is 0. The second-order valence-corrected chi connectivity index (χ2v) is 9.31. The maximum atomic E-state index is 13.3. The Labute approximate surface area is 179 Å². The first-order valence-corrected chi connectivity index (χ1v) is 12.3. The molecule has 0 saturated carbocycles. The molecule has 0 N–H and O–H groups in total. The first-order valence-electron chi connectivity index (χ1n) is 9.98. The van der Waals surface area contributed by atoms with E-state index in [2.05, 4.69) is 21.0 Å². The molecule has 0 unspecified atom stereocenters. The van der Waals surface area contributed by atoms with Gasteiger partial charge in [-0.1, -0.05) is 6.07 Å². The van der Waals surface area contributed by atoms with Crippen LogP contribution in [-0.2, 0) is 0 Å². The predicted molar refractivity (Wildman–Crippen MR) is 119 cm³/mol. The van der Waals surface area contributed by atoms with E-state index in [1.165, 1.54) is 28.4 Å². The molecule has 0 radical (unpaired) electrons. The lowest BCUT2D eigenvalue weighted by molar-refractivity contribution is 0.0595. The minimum Gasteiger partial charge on any atom is -0.368 e. The Balaban J connectivity index is 1.52. The van der Waals surface area contributed by atoms with Crippen LogP contribution in [0.15, 0.2) is 29.8 Å². The predicted octanol–water partition coefficient (Wildman–Crippen LogP) is 3.38. The summed E-state index contributed by atoms with van der Waals surface area (Å²) in [5, 5.41) is 2.65. The van der Waals surface area contributed by atoms with E-state index in [9.17, 15) is 9.59 Å². The van der Waals surface area contributed by atoms with Crippen LogP contribution in [0.2, 0.25) is 0 Å². The van der Waals surface area contributed by atoms with E-state index >= 15 is 0 Å². The van der Waals surface area contributed by atoms with Crippen LogP contribution >= 0.6 is 23.1 Å². The number of thioether (sulfide) groups is 1. The number of nitrogens with zero attached hydrogens (tertiary/aromatic N) is 4. The Morgan fingerprint density at radius 3 is 2.66 bits per heavy atom. The highest BCUT2D eigenvalue weighted by Gasteiger charge is 2.42. The summed E-state index contributed by atoms with van der Waals surface area (Å²) < 4.78 is 0. The highest BCUT2D eigenvalue weighted by atomic mass is 32.2. The summed E-state index contributed by atoms with van der Waals surface area (Å²) in [5.74, 6) is 0.770. The number of amides is 2. The molecule has 1 aromatic carbocycles. The zero-order chi connectivity index (χ0) is 20.4. The average molecular weight is 431 g/mol. The van der Waals surface area contributed by atoms with E-state index in [-0.39, 0.29) is 17.9 Å². The number of aromatic nitrogens is 1. The van der Waals surface area contributed by atoms with E-state index in [1.54, 1.807) is 12.3 Å². The zero-order valence-corrected chi connectivity index (χ0v) is 18.5. The summed E-state index contributed by atoms with van der Waals surface area (Å²) in [6.07, 6.45) is 5.06. The number of hydrogen-bond donors (Lipinski definition) is 0. The molecule has 3 heterocycles. The van der Waals surface area contributed by atoms with Crippen molar-refractivity contribution in [2.75, 3.05) is 49.6 Å². The number of fused-ring (bicyclic) bond motifs is 1. The van der Waals surface area contributed by atoms with Gasteiger partial charge in [0, 0.05) is 37.8 Å². The molecule has 2 aromatic rings. The molecule has 2 aliphatic heterocycles. The van der Waals surface area contributed by atoms with Crippen molar-refractivity contribution >= 4 is 40.6 Å². The molecule has 4 rings (SSSR count). The van der Waals surface area contributed by atoms with E-state index in [0.717, 1.165) is 43.4 Å². The number of thiazole rings is 1. The molecule has 8 heteroatoms. The van der Waals surface area contributed by atoms with Crippen LogP contribution in [0.5, 0.6) is 0 Å². The Morgan fingerprint density at radius 2 is 1.97 bits per heavy atom. The lowest BCUT2D eigenvalue weighted by atomic mass is 10.1. The Hall–Kier alpha value is -1.90. The lowest BCUT2D eigenvalue weighted by Gasteiger charge is -2.36. The molecule has 0 bridgehead atoms. The van der Waals surface area contributed by atoms with E-state index in [4.69, 9.17) is 0 Å². The normalized spacial score (nSPS) is 18.4. The Bertz CT molecular complexity index is 879. The first-order chi connectivity index (χ1) is 14.1. The molecule has 2 aliphatic rings. The molecule has 1 fully saturated rings. The smallest absolute Gasteiger partial charge is 0.264 e. The number of hydrogen-bond acceptors (Lipinski definition) is 7. The number of carbonyl (C=O) groups is 2. The van der Waals surface area contributed by atoms with E-state index in [0.29, 0.717) is 11.1 Å². The fourth-order valence-corrected chi connectivity index (χ4v) is 5.20. The molecular weight excluding hydrogens is 404 g/mol. The number of imide groups is 1. The monoisotopic (exact) mass is 430 g/mol. The van der Waals surface area contributed by atoms with Crippen LogP contribution in [-0.4, -0.2) is 71.3 Å². The Morgan fingerprint density at radius 1 is 1.17 bits per heavy atom. The van der Waals surface area contributed by atoms with Gasteiger partial charge in [0.1, 0.15) is 5.01 Å². The van der Waals surface area contributed by atoms with Gasteiger partial charge in [-0.2, -0.15) is 11.8 Å². The van der Waals surface area contributed by atoms with Gasteiger partial charge < -0.3 is 4.90 Å². The van der Waals surface area contributed by atoms with E-state index in [1.807, 2.05) is 36.2 Å². The van der Waals surface area contributed by atoms with Crippen molar-refractivity contribution in [1.29, 1.82) is 0 Å². The second kappa shape index (κ2) is 8.85. The maximum absolute atomic E-state index is 13.3. The molecule has 1 aromatic heterocycles. The van der Waals surface area contributed by atoms with Gasteiger partial charge in [0.25, 0.3) is 11.8 Å². The summed E-state index contributed by atoms with van der Waals surface area (Å²) in [6, 6.07) is 5.28. The summed E-state index contributed by atoms with van der Waals surface area (Å²) >= 11 is 3.35. The third kappa shape index (κ3) is 3.93. The highest BCUT2D eigenvalue weighted by molar-refractivity contribution is 7.98. The third-order valence-electron chi connectivity index (χ3n) is 5.66. The van der Waals surface area contributed by atoms with Crippen LogP contribution in [0, 0.1) is 0 Å². The largest absolute Gasteiger partial charge is 0.368 e. The number of rotatable bonds is 7. The van der Waals surface area contributed by atoms with Crippen LogP contribution in [0.25, 0.3) is 0 Å². The number of anilines is 1. The van der Waals surface area contributed by atoms with Crippen molar-refractivity contribution in [3.05, 3.63) is 45.9 Å². The fraction of sp³-hybridized carbons (Fsp3) is 0.476. The van der Waals surface area contributed by atoms with Crippen molar-refractivity contribution in [2.24, 2.45) is 0 Å². The number of piperazine rings is 1. The van der Waals surface area contributed by atoms with Crippen LogP contribution in [0.1, 0.15) is 45.1 Å². The van der Waals surface area contributed by atoms with Crippen molar-refractivity contribution in [2.45, 2.75) is 19.4 Å². The molecule has 154 valence electrons. The summed E-state index contributed by atoms with van der Waals surface area (Å²) in [4.78, 5) is 36.7. The van der Waals surface area contributed by atoms with Gasteiger partial charge in [-0.3, -0.25) is 19.4 Å². The molecular formula is C21H26N4O2S2. The van der Waals surface area contributed by atoms with Crippen LogP contribution in [0.3, 0.4) is 0 Å². The highest BCUT2D eigenvalue weighted by Crippen LogP contribution is 2.37. The quantitative estimate of drug-likeness (QED) is 0.496. The fourth-order valence-electron chi connectivity index (χ4n) is 4.10. The average Bonchev–Trinajstić information content (AvgIpc) is 3.36. The molecule has 1 atom stereocenters. The van der Waals surface area contributed by atoms with Crippen molar-refractivity contribution in [3.8, 4) is 0 Å². The molecule has 0 spiro atoms. The number of carbonyl (C=O) groups excluding carboxylic acids is 2. The summed E-state index contributed by atoms with van der Waals surface area (Å²) in [6.45, 7) is 6.71. The second-order valence-electron chi connectivity index (χ2n) is 7.40. The molecule has 0 aliphatic carbocycles. The minimum absolute atomic E-state index is 0.203. The van der Waals surface area contributed by atoms with Gasteiger partial charge in [0.2, 0.25) is 0 Å². The first kappa shape index (κ1) is 20.4. The van der Waals surface area contributed by atoms with Crippen LogP contribution < -0.4 is 4.90 Å². The van der Waals surface area contributed by atoms with Gasteiger partial charge in [-0.25, -0.2) is 4.98 Å². The van der Waals surface area contributed by atoms with Crippen molar-refractivity contribution < 1.29 is 9.59 Å². The number of benzene rings is 1. The van der Waals surface area contributed by atoms with E-state index < -0.39 is 0 Å². The topological polar surface area (TPSA) is 56.8 Å². The lowest BCUT2D eigenvalue weighted by Crippen LogP contribution is -2.47. The maximum Gasteiger partial charge on any atom is 0.264 e. The van der Waals surface area contributed by atoms with Crippen molar-refractivity contribution in [1.82, 2.24) is 14.8 Å². The van der Waals surface area contributed by atoms with Gasteiger partial charge in [0.05, 0.1) is 22.9 Å². The van der Waals surface area contributed by atoms with Gasteiger partial charge >= 0.3 is 0 Å². The zero-order valence-electron chi connectivity index (χ0n) is 16.8.